The van der Waals surface area contributed by atoms with Gasteiger partial charge in [-0.25, -0.2) is 0 Å². The molecule has 0 heterocycles. The van der Waals surface area contributed by atoms with Crippen molar-refractivity contribution < 1.29 is 9.59 Å². The lowest BCUT2D eigenvalue weighted by Gasteiger charge is -2.13. The van der Waals surface area contributed by atoms with E-state index in [4.69, 9.17) is 11.5 Å². The zero-order valence-electron chi connectivity index (χ0n) is 9.27. The van der Waals surface area contributed by atoms with Crippen LogP contribution in [0.5, 0.6) is 0 Å². The molecule has 1 aromatic carbocycles. The smallest absolute Gasteiger partial charge is 0.224 e. The van der Waals surface area contributed by atoms with E-state index in [0.717, 1.165) is 11.1 Å². The van der Waals surface area contributed by atoms with Crippen molar-refractivity contribution in [2.24, 2.45) is 11.5 Å². The minimum absolute atomic E-state index is 0.168. The molecule has 1 rings (SSSR count). The molecule has 4 N–H and O–H groups in total. The lowest BCUT2D eigenvalue weighted by molar-refractivity contribution is -0.120. The third kappa shape index (κ3) is 3.38. The molecule has 1 aromatic rings. The number of primary amides is 2. The van der Waals surface area contributed by atoms with E-state index in [9.17, 15) is 9.59 Å². The zero-order valence-corrected chi connectivity index (χ0v) is 9.27. The molecule has 0 saturated heterocycles. The van der Waals surface area contributed by atoms with E-state index < -0.39 is 17.7 Å². The Morgan fingerprint density at radius 2 is 2.00 bits per heavy atom. The summed E-state index contributed by atoms with van der Waals surface area (Å²) in [5, 5.41) is 0. The molecular weight excluding hydrogens is 204 g/mol. The molecule has 1 atom stereocenters. The number of benzene rings is 1. The van der Waals surface area contributed by atoms with Gasteiger partial charge in [0.2, 0.25) is 11.8 Å². The van der Waals surface area contributed by atoms with Gasteiger partial charge in [0, 0.05) is 6.42 Å². The van der Waals surface area contributed by atoms with Crippen LogP contribution < -0.4 is 11.5 Å². The van der Waals surface area contributed by atoms with Gasteiger partial charge in [-0.3, -0.25) is 9.59 Å². The van der Waals surface area contributed by atoms with Crippen LogP contribution in [0.1, 0.15) is 29.9 Å². The van der Waals surface area contributed by atoms with Crippen LogP contribution in [0.25, 0.3) is 0 Å². The summed E-state index contributed by atoms with van der Waals surface area (Å²) in [5.41, 5.74) is 12.3. The second-order valence-electron chi connectivity index (χ2n) is 3.87. The molecule has 1 unspecified atom stereocenters. The average Bonchev–Trinajstić information content (AvgIpc) is 2.17. The normalized spacial score (nSPS) is 12.1. The van der Waals surface area contributed by atoms with Crippen molar-refractivity contribution in [2.45, 2.75) is 25.7 Å². The van der Waals surface area contributed by atoms with Gasteiger partial charge in [-0.05, 0) is 18.9 Å². The maximum Gasteiger partial charge on any atom is 0.224 e. The fraction of sp³-hybridized carbons (Fsp3) is 0.333. The van der Waals surface area contributed by atoms with Crippen LogP contribution in [-0.2, 0) is 9.59 Å². The Balaban J connectivity index is 2.85. The molecule has 0 bridgehead atoms. The largest absolute Gasteiger partial charge is 0.370 e. The summed E-state index contributed by atoms with van der Waals surface area (Å²) in [5.74, 6) is -1.28. The van der Waals surface area contributed by atoms with Gasteiger partial charge in [-0.2, -0.15) is 0 Å². The van der Waals surface area contributed by atoms with Crippen LogP contribution in [-0.4, -0.2) is 11.8 Å². The number of rotatable bonds is 5. The molecule has 0 spiro atoms. The topological polar surface area (TPSA) is 86.2 Å². The quantitative estimate of drug-likeness (QED) is 0.770. The van der Waals surface area contributed by atoms with Gasteiger partial charge in [0.25, 0.3) is 0 Å². The van der Waals surface area contributed by atoms with Crippen LogP contribution in [0.4, 0.5) is 0 Å². The summed E-state index contributed by atoms with van der Waals surface area (Å²) < 4.78 is 0. The van der Waals surface area contributed by atoms with Crippen molar-refractivity contribution in [1.82, 2.24) is 0 Å². The average molecular weight is 220 g/mol. The third-order valence-corrected chi connectivity index (χ3v) is 2.47. The number of hydrogen-bond acceptors (Lipinski definition) is 2. The minimum Gasteiger partial charge on any atom is -0.370 e. The lowest BCUT2D eigenvalue weighted by atomic mass is 9.92. The van der Waals surface area contributed by atoms with Crippen molar-refractivity contribution in [3.05, 3.63) is 35.4 Å². The van der Waals surface area contributed by atoms with Gasteiger partial charge in [-0.1, -0.05) is 29.8 Å². The number of aryl methyl sites for hydroxylation is 1. The lowest BCUT2D eigenvalue weighted by Crippen LogP contribution is -2.23. The van der Waals surface area contributed by atoms with Crippen LogP contribution in [0.2, 0.25) is 0 Å². The van der Waals surface area contributed by atoms with E-state index in [1.165, 1.54) is 0 Å². The maximum absolute atomic E-state index is 11.3. The summed E-state index contributed by atoms with van der Waals surface area (Å²) in [6, 6.07) is 7.54. The summed E-state index contributed by atoms with van der Waals surface area (Å²) in [7, 11) is 0. The Kier molecular flexibility index (Phi) is 4.05. The predicted molar refractivity (Wildman–Crippen MR) is 61.5 cm³/mol. The van der Waals surface area contributed by atoms with Gasteiger partial charge >= 0.3 is 0 Å². The van der Waals surface area contributed by atoms with Crippen molar-refractivity contribution in [1.29, 1.82) is 0 Å². The first-order chi connectivity index (χ1) is 7.50. The number of amides is 2. The SMILES string of the molecule is Cc1cccc(C(CCC(N)=O)C(N)=O)c1. The van der Waals surface area contributed by atoms with Crippen molar-refractivity contribution in [3.63, 3.8) is 0 Å². The van der Waals surface area contributed by atoms with E-state index in [0.29, 0.717) is 6.42 Å². The fourth-order valence-electron chi connectivity index (χ4n) is 1.65. The third-order valence-electron chi connectivity index (χ3n) is 2.47. The minimum atomic E-state index is -0.438. The summed E-state index contributed by atoms with van der Waals surface area (Å²) >= 11 is 0. The van der Waals surface area contributed by atoms with Gasteiger partial charge < -0.3 is 11.5 Å². The number of hydrogen-bond donors (Lipinski definition) is 2. The monoisotopic (exact) mass is 220 g/mol. The molecule has 4 nitrogen and oxygen atoms in total. The van der Waals surface area contributed by atoms with Crippen molar-refractivity contribution in [3.8, 4) is 0 Å². The zero-order chi connectivity index (χ0) is 12.1. The second kappa shape index (κ2) is 5.30. The number of carbonyl (C=O) groups is 2. The number of nitrogens with two attached hydrogens (primary N) is 2. The standard InChI is InChI=1S/C12H16N2O2/c1-8-3-2-4-9(7-8)10(12(14)16)5-6-11(13)15/h2-4,7,10H,5-6H2,1H3,(H2,13,15)(H2,14,16). The van der Waals surface area contributed by atoms with Gasteiger partial charge in [0.15, 0.2) is 0 Å². The van der Waals surface area contributed by atoms with E-state index in [1.54, 1.807) is 0 Å². The highest BCUT2D eigenvalue weighted by Crippen LogP contribution is 2.21. The van der Waals surface area contributed by atoms with Crippen LogP contribution in [0, 0.1) is 6.92 Å². The highest BCUT2D eigenvalue weighted by molar-refractivity contribution is 5.83. The highest BCUT2D eigenvalue weighted by Gasteiger charge is 2.18. The Morgan fingerprint density at radius 1 is 1.31 bits per heavy atom. The predicted octanol–water partition coefficient (Wildman–Crippen LogP) is 0.829. The fourth-order valence-corrected chi connectivity index (χ4v) is 1.65. The molecule has 0 aliphatic carbocycles. The Labute approximate surface area is 94.6 Å². The molecule has 0 aromatic heterocycles. The molecular formula is C12H16N2O2. The molecule has 16 heavy (non-hydrogen) atoms. The van der Waals surface area contributed by atoms with E-state index in [1.807, 2.05) is 31.2 Å². The Hall–Kier alpha value is -1.84. The molecule has 0 saturated carbocycles. The van der Waals surface area contributed by atoms with E-state index >= 15 is 0 Å². The van der Waals surface area contributed by atoms with E-state index in [-0.39, 0.29) is 6.42 Å². The first-order valence-corrected chi connectivity index (χ1v) is 5.15. The molecule has 0 aliphatic rings. The summed E-state index contributed by atoms with van der Waals surface area (Å²) in [4.78, 5) is 22.0. The Morgan fingerprint density at radius 3 is 2.50 bits per heavy atom. The first kappa shape index (κ1) is 12.2. The second-order valence-corrected chi connectivity index (χ2v) is 3.87. The molecule has 0 aliphatic heterocycles. The Bertz CT molecular complexity index is 402. The van der Waals surface area contributed by atoms with Crippen LogP contribution >= 0.6 is 0 Å². The van der Waals surface area contributed by atoms with Crippen LogP contribution in [0.15, 0.2) is 24.3 Å². The van der Waals surface area contributed by atoms with Crippen molar-refractivity contribution >= 4 is 11.8 Å². The van der Waals surface area contributed by atoms with Gasteiger partial charge in [0.1, 0.15) is 0 Å². The van der Waals surface area contributed by atoms with Gasteiger partial charge in [0.05, 0.1) is 5.92 Å². The first-order valence-electron chi connectivity index (χ1n) is 5.15. The van der Waals surface area contributed by atoms with E-state index in [2.05, 4.69) is 0 Å². The highest BCUT2D eigenvalue weighted by atomic mass is 16.1. The van der Waals surface area contributed by atoms with Crippen molar-refractivity contribution in [2.75, 3.05) is 0 Å². The molecule has 0 fully saturated rings. The molecule has 86 valence electrons. The molecule has 2 amide bonds. The molecule has 0 radical (unpaired) electrons. The maximum atomic E-state index is 11.3. The van der Waals surface area contributed by atoms with Gasteiger partial charge in [-0.15, -0.1) is 0 Å². The van der Waals surface area contributed by atoms with Crippen LogP contribution in [0.3, 0.4) is 0 Å². The summed E-state index contributed by atoms with van der Waals surface area (Å²) in [6.45, 7) is 1.94. The summed E-state index contributed by atoms with van der Waals surface area (Å²) in [6.07, 6.45) is 0.537. The molecule has 4 heteroatoms. The number of carbonyl (C=O) groups excluding carboxylic acids is 2.